The molecule has 26 heavy (non-hydrogen) atoms. The normalized spacial score (nSPS) is 10.6. The molecule has 0 fully saturated rings. The van der Waals surface area contributed by atoms with Gasteiger partial charge in [-0.2, -0.15) is 0 Å². The van der Waals surface area contributed by atoms with Crippen LogP contribution in [-0.2, 0) is 6.61 Å². The molecule has 0 spiro atoms. The minimum absolute atomic E-state index is 0.102. The molecule has 4 nitrogen and oxygen atoms in total. The Balaban J connectivity index is 1.65. The Morgan fingerprint density at radius 2 is 1.73 bits per heavy atom. The van der Waals surface area contributed by atoms with Gasteiger partial charge in [0.25, 0.3) is 5.91 Å². The summed E-state index contributed by atoms with van der Waals surface area (Å²) in [6, 6.07) is 13.7. The van der Waals surface area contributed by atoms with Crippen LogP contribution in [0.1, 0.15) is 33.0 Å². The van der Waals surface area contributed by atoms with E-state index in [9.17, 15) is 9.18 Å². The van der Waals surface area contributed by atoms with Crippen molar-refractivity contribution in [1.82, 2.24) is 0 Å². The Hall–Kier alpha value is -3.08. The monoisotopic (exact) mass is 353 g/mol. The second-order valence-electron chi connectivity index (χ2n) is 6.32. The first-order valence-corrected chi connectivity index (χ1v) is 8.28. The van der Waals surface area contributed by atoms with Gasteiger partial charge in [-0.05, 0) is 73.9 Å². The molecule has 1 N–H and O–H groups in total. The highest BCUT2D eigenvalue weighted by atomic mass is 19.1. The van der Waals surface area contributed by atoms with Crippen molar-refractivity contribution in [1.29, 1.82) is 0 Å². The van der Waals surface area contributed by atoms with Crippen molar-refractivity contribution in [2.24, 2.45) is 0 Å². The molecule has 3 aromatic rings. The van der Waals surface area contributed by atoms with Crippen LogP contribution in [0.4, 0.5) is 10.1 Å². The fourth-order valence-corrected chi connectivity index (χ4v) is 2.67. The average molecular weight is 353 g/mol. The summed E-state index contributed by atoms with van der Waals surface area (Å²) in [5, 5.41) is 2.52. The van der Waals surface area contributed by atoms with Crippen LogP contribution in [0.15, 0.2) is 52.9 Å². The molecule has 3 rings (SSSR count). The molecule has 0 atom stereocenters. The summed E-state index contributed by atoms with van der Waals surface area (Å²) < 4.78 is 25.0. The van der Waals surface area contributed by atoms with Crippen LogP contribution in [0, 0.1) is 26.6 Å². The summed E-state index contributed by atoms with van der Waals surface area (Å²) in [7, 11) is 0. The summed E-state index contributed by atoms with van der Waals surface area (Å²) in [4.78, 5) is 12.2. The van der Waals surface area contributed by atoms with Gasteiger partial charge in [-0.3, -0.25) is 4.79 Å². The van der Waals surface area contributed by atoms with Crippen LogP contribution in [0.2, 0.25) is 0 Å². The Morgan fingerprint density at radius 3 is 2.46 bits per heavy atom. The molecular formula is C21H20FNO3. The van der Waals surface area contributed by atoms with Gasteiger partial charge in [0, 0.05) is 0 Å². The summed E-state index contributed by atoms with van der Waals surface area (Å²) in [6.45, 7) is 6.03. The summed E-state index contributed by atoms with van der Waals surface area (Å²) >= 11 is 0. The van der Waals surface area contributed by atoms with Gasteiger partial charge in [0.15, 0.2) is 5.76 Å². The van der Waals surface area contributed by atoms with Gasteiger partial charge in [0.1, 0.15) is 23.9 Å². The number of nitrogens with one attached hydrogen (secondary N) is 1. The highest BCUT2D eigenvalue weighted by Gasteiger charge is 2.14. The number of benzene rings is 2. The Kier molecular flexibility index (Phi) is 5.07. The molecule has 0 aliphatic rings. The molecule has 0 unspecified atom stereocenters. The van der Waals surface area contributed by atoms with Gasteiger partial charge < -0.3 is 14.5 Å². The number of rotatable bonds is 5. The number of hydrogen-bond donors (Lipinski definition) is 1. The van der Waals surface area contributed by atoms with Crippen molar-refractivity contribution in [3.63, 3.8) is 0 Å². The van der Waals surface area contributed by atoms with Crippen molar-refractivity contribution < 1.29 is 18.3 Å². The maximum Gasteiger partial charge on any atom is 0.291 e. The van der Waals surface area contributed by atoms with E-state index < -0.39 is 11.7 Å². The molecule has 134 valence electrons. The molecule has 1 heterocycles. The lowest BCUT2D eigenvalue weighted by Crippen LogP contribution is -2.12. The van der Waals surface area contributed by atoms with Crippen molar-refractivity contribution in [2.45, 2.75) is 27.4 Å². The molecule has 0 bridgehead atoms. The second kappa shape index (κ2) is 7.44. The van der Waals surface area contributed by atoms with E-state index in [1.807, 2.05) is 32.9 Å². The Labute approximate surface area is 151 Å². The van der Waals surface area contributed by atoms with Crippen molar-refractivity contribution in [2.75, 3.05) is 5.32 Å². The first-order chi connectivity index (χ1) is 12.4. The summed E-state index contributed by atoms with van der Waals surface area (Å²) in [5.41, 5.74) is 3.20. The number of ether oxygens (including phenoxy) is 1. The number of anilines is 1. The first-order valence-electron chi connectivity index (χ1n) is 8.28. The number of carbonyl (C=O) groups is 1. The van der Waals surface area contributed by atoms with Crippen LogP contribution < -0.4 is 10.1 Å². The van der Waals surface area contributed by atoms with Gasteiger partial charge in [0.05, 0.1) is 5.69 Å². The maximum atomic E-state index is 13.8. The fraction of sp³-hybridized carbons (Fsp3) is 0.190. The zero-order chi connectivity index (χ0) is 18.7. The van der Waals surface area contributed by atoms with Crippen molar-refractivity contribution in [3.8, 4) is 5.75 Å². The van der Waals surface area contributed by atoms with Crippen LogP contribution in [0.25, 0.3) is 0 Å². The van der Waals surface area contributed by atoms with Crippen LogP contribution >= 0.6 is 0 Å². The molecule has 0 aliphatic heterocycles. The standard InChI is InChI=1S/C21H20FNO3/c1-13-4-6-18(22)19(11-13)23-21(24)20-7-5-16(26-20)12-25-17-9-14(2)8-15(3)10-17/h4-11H,12H2,1-3H3,(H,23,24). The molecule has 0 saturated carbocycles. The fourth-order valence-electron chi connectivity index (χ4n) is 2.67. The molecule has 0 aliphatic carbocycles. The number of aryl methyl sites for hydroxylation is 3. The van der Waals surface area contributed by atoms with E-state index in [1.165, 1.54) is 6.07 Å². The average Bonchev–Trinajstić information content (AvgIpc) is 3.04. The van der Waals surface area contributed by atoms with Gasteiger partial charge >= 0.3 is 0 Å². The first kappa shape index (κ1) is 17.7. The predicted octanol–water partition coefficient (Wildman–Crippen LogP) is 5.18. The lowest BCUT2D eigenvalue weighted by atomic mass is 10.1. The van der Waals surface area contributed by atoms with E-state index in [4.69, 9.17) is 9.15 Å². The van der Waals surface area contributed by atoms with Gasteiger partial charge in [-0.25, -0.2) is 4.39 Å². The maximum absolute atomic E-state index is 13.8. The summed E-state index contributed by atoms with van der Waals surface area (Å²) in [5.74, 6) is 0.358. The smallest absolute Gasteiger partial charge is 0.291 e. The second-order valence-corrected chi connectivity index (χ2v) is 6.32. The molecule has 0 radical (unpaired) electrons. The van der Waals surface area contributed by atoms with E-state index in [-0.39, 0.29) is 18.1 Å². The van der Waals surface area contributed by atoms with E-state index in [2.05, 4.69) is 11.4 Å². The van der Waals surface area contributed by atoms with Crippen molar-refractivity contribution >= 4 is 11.6 Å². The molecular weight excluding hydrogens is 333 g/mol. The number of carbonyl (C=O) groups excluding carboxylic acids is 1. The molecule has 2 aromatic carbocycles. The highest BCUT2D eigenvalue weighted by Crippen LogP contribution is 2.20. The van der Waals surface area contributed by atoms with Crippen LogP contribution in [0.3, 0.4) is 0 Å². The third-order valence-electron chi connectivity index (χ3n) is 3.83. The highest BCUT2D eigenvalue weighted by molar-refractivity contribution is 6.02. The van der Waals surface area contributed by atoms with Gasteiger partial charge in [0.2, 0.25) is 0 Å². The Morgan fingerprint density at radius 1 is 1.00 bits per heavy atom. The third kappa shape index (κ3) is 4.30. The van der Waals surface area contributed by atoms with E-state index in [0.29, 0.717) is 5.76 Å². The van der Waals surface area contributed by atoms with Crippen LogP contribution in [-0.4, -0.2) is 5.91 Å². The van der Waals surface area contributed by atoms with Crippen molar-refractivity contribution in [3.05, 3.63) is 82.6 Å². The molecule has 1 aromatic heterocycles. The van der Waals surface area contributed by atoms with E-state index in [0.717, 1.165) is 22.4 Å². The number of hydrogen-bond acceptors (Lipinski definition) is 3. The lowest BCUT2D eigenvalue weighted by Gasteiger charge is -2.07. The Bertz CT molecular complexity index is 926. The lowest BCUT2D eigenvalue weighted by molar-refractivity contribution is 0.0992. The molecule has 1 amide bonds. The minimum Gasteiger partial charge on any atom is -0.486 e. The summed E-state index contributed by atoms with van der Waals surface area (Å²) in [6.07, 6.45) is 0. The van der Waals surface area contributed by atoms with Gasteiger partial charge in [-0.1, -0.05) is 12.1 Å². The number of halogens is 1. The largest absolute Gasteiger partial charge is 0.486 e. The third-order valence-corrected chi connectivity index (χ3v) is 3.83. The minimum atomic E-state index is -0.507. The molecule has 0 saturated heterocycles. The SMILES string of the molecule is Cc1cc(C)cc(OCc2ccc(C(=O)Nc3cc(C)ccc3F)o2)c1. The number of furan rings is 1. The predicted molar refractivity (Wildman–Crippen MR) is 98.0 cm³/mol. The molecule has 5 heteroatoms. The van der Waals surface area contributed by atoms with Gasteiger partial charge in [-0.15, -0.1) is 0 Å². The number of amides is 1. The zero-order valence-electron chi connectivity index (χ0n) is 14.9. The zero-order valence-corrected chi connectivity index (χ0v) is 14.9. The van der Waals surface area contributed by atoms with E-state index >= 15 is 0 Å². The quantitative estimate of drug-likeness (QED) is 0.688. The van der Waals surface area contributed by atoms with Crippen LogP contribution in [0.5, 0.6) is 5.75 Å². The van der Waals surface area contributed by atoms with E-state index in [1.54, 1.807) is 24.3 Å². The topological polar surface area (TPSA) is 51.5 Å².